The average molecular weight is 492 g/mol. The third-order valence-corrected chi connectivity index (χ3v) is 6.53. The van der Waals surface area contributed by atoms with Crippen LogP contribution in [0, 0.1) is 6.92 Å². The van der Waals surface area contributed by atoms with Crippen LogP contribution in [0.4, 0.5) is 5.69 Å². The lowest BCUT2D eigenvalue weighted by molar-refractivity contribution is -0.119. The summed E-state index contributed by atoms with van der Waals surface area (Å²) in [5.41, 5.74) is 0.523. The predicted octanol–water partition coefficient (Wildman–Crippen LogP) is 3.73. The van der Waals surface area contributed by atoms with Crippen molar-refractivity contribution in [3.63, 3.8) is 0 Å². The number of para-hydroxylation sites is 1. The highest BCUT2D eigenvalue weighted by molar-refractivity contribution is 7.16. The number of aromatic nitrogens is 1. The van der Waals surface area contributed by atoms with E-state index < -0.39 is 28.7 Å². The second-order valence-corrected chi connectivity index (χ2v) is 9.46. The van der Waals surface area contributed by atoms with Crippen LogP contribution in [0.5, 0.6) is 5.75 Å². The van der Waals surface area contributed by atoms with Gasteiger partial charge in [0, 0.05) is 5.56 Å². The molecule has 2 amide bonds. The minimum absolute atomic E-state index is 0.132. The minimum Gasteiger partial charge on any atom is -0.485 e. The Morgan fingerprint density at radius 1 is 1.06 bits per heavy atom. The number of carbonyl (C=O) groups is 2. The zero-order valence-corrected chi connectivity index (χ0v) is 20.6. The molecule has 1 heterocycles. The molecule has 0 radical (unpaired) electrons. The van der Waals surface area contributed by atoms with Crippen molar-refractivity contribution in [3.8, 4) is 5.75 Å². The summed E-state index contributed by atoms with van der Waals surface area (Å²) in [6, 6.07) is 13.8. The van der Waals surface area contributed by atoms with Crippen LogP contribution in [0.25, 0.3) is 10.2 Å². The van der Waals surface area contributed by atoms with Crippen LogP contribution in [0.2, 0.25) is 0 Å². The van der Waals surface area contributed by atoms with Gasteiger partial charge in [-0.25, -0.2) is 0 Å². The Morgan fingerprint density at radius 2 is 1.74 bits per heavy atom. The average Bonchev–Trinajstić information content (AvgIpc) is 3.19. The monoisotopic (exact) mass is 491 g/mol. The van der Waals surface area contributed by atoms with E-state index in [2.05, 4.69) is 10.3 Å². The summed E-state index contributed by atoms with van der Waals surface area (Å²) < 4.78 is 7.98. The number of thiazole rings is 1. The van der Waals surface area contributed by atoms with Crippen LogP contribution >= 0.6 is 11.3 Å². The van der Waals surface area contributed by atoms with E-state index in [-0.39, 0.29) is 17.5 Å². The molecule has 0 bridgehead atoms. The van der Waals surface area contributed by atoms with Gasteiger partial charge in [-0.15, -0.1) is 0 Å². The Labute approximate surface area is 205 Å². The number of ether oxygens (including phenoxy) is 1. The van der Waals surface area contributed by atoms with Crippen LogP contribution in [-0.4, -0.2) is 22.5 Å². The van der Waals surface area contributed by atoms with Gasteiger partial charge < -0.3 is 14.6 Å². The van der Waals surface area contributed by atoms with Gasteiger partial charge in [0.05, 0.1) is 16.3 Å². The van der Waals surface area contributed by atoms with Gasteiger partial charge in [-0.3, -0.25) is 19.2 Å². The molecular formula is C26H25N3O5S. The highest BCUT2D eigenvalue weighted by Gasteiger charge is 2.29. The highest BCUT2D eigenvalue weighted by Crippen LogP contribution is 2.25. The van der Waals surface area contributed by atoms with E-state index in [1.54, 1.807) is 30.5 Å². The van der Waals surface area contributed by atoms with E-state index >= 15 is 0 Å². The lowest BCUT2D eigenvalue weighted by Gasteiger charge is -2.20. The molecule has 9 heteroatoms. The summed E-state index contributed by atoms with van der Waals surface area (Å²) in [7, 11) is 0. The first-order valence-corrected chi connectivity index (χ1v) is 12.1. The Balaban J connectivity index is 1.76. The topological polar surface area (TPSA) is 107 Å². The van der Waals surface area contributed by atoms with Crippen molar-refractivity contribution in [2.24, 2.45) is 4.99 Å². The fourth-order valence-corrected chi connectivity index (χ4v) is 4.81. The maximum absolute atomic E-state index is 13.3. The molecule has 4 rings (SSSR count). The largest absolute Gasteiger partial charge is 0.485 e. The Bertz CT molecular complexity index is 1550. The second-order valence-electron chi connectivity index (χ2n) is 8.45. The van der Waals surface area contributed by atoms with Crippen molar-refractivity contribution in [1.82, 2.24) is 4.57 Å². The van der Waals surface area contributed by atoms with Gasteiger partial charge in [0.2, 0.25) is 5.91 Å². The molecule has 0 saturated heterocycles. The summed E-state index contributed by atoms with van der Waals surface area (Å²) in [6.45, 7) is 7.21. The number of nitrogens with zero attached hydrogens (tertiary/aromatic N) is 2. The minimum atomic E-state index is -0.788. The van der Waals surface area contributed by atoms with E-state index in [0.29, 0.717) is 16.8 Å². The van der Waals surface area contributed by atoms with E-state index in [0.717, 1.165) is 15.8 Å². The number of nitrogens with one attached hydrogen (secondary N) is 1. The van der Waals surface area contributed by atoms with Crippen molar-refractivity contribution in [2.75, 3.05) is 5.32 Å². The molecule has 3 aromatic carbocycles. The Hall–Kier alpha value is -3.85. The van der Waals surface area contributed by atoms with E-state index in [9.17, 15) is 19.2 Å². The number of benzene rings is 2. The molecule has 35 heavy (non-hydrogen) atoms. The van der Waals surface area contributed by atoms with Crippen LogP contribution in [-0.2, 0) is 4.79 Å². The Kier molecular flexibility index (Phi) is 6.79. The molecule has 1 aromatic heterocycles. The fourth-order valence-electron chi connectivity index (χ4n) is 3.74. The molecule has 0 aliphatic rings. The number of fused-ring (bicyclic) bond motifs is 1. The van der Waals surface area contributed by atoms with E-state index in [1.165, 1.54) is 11.3 Å². The Morgan fingerprint density at radius 3 is 2.40 bits per heavy atom. The lowest BCUT2D eigenvalue weighted by atomic mass is 10.1. The van der Waals surface area contributed by atoms with Gasteiger partial charge in [0.15, 0.2) is 10.6 Å². The number of rotatable bonds is 7. The van der Waals surface area contributed by atoms with Crippen molar-refractivity contribution < 1.29 is 14.3 Å². The van der Waals surface area contributed by atoms with Gasteiger partial charge in [-0.2, -0.15) is 4.99 Å². The number of hydrogen-bond donors (Lipinski definition) is 1. The second kappa shape index (κ2) is 9.79. The smallest absolute Gasteiger partial charge is 0.279 e. The molecule has 1 unspecified atom stereocenters. The predicted molar refractivity (Wildman–Crippen MR) is 136 cm³/mol. The number of hydrogen-bond acceptors (Lipinski definition) is 6. The normalized spacial score (nSPS) is 12.9. The molecule has 0 aliphatic carbocycles. The quantitative estimate of drug-likeness (QED) is 0.397. The SMILES string of the molecule is CCC(C(=O)Nc1c(OC(C)C)c(=O)c1=O)n1c(=NC(=O)c2ccc(C)cc2)sc2ccccc21. The molecule has 4 aromatic rings. The number of carbonyl (C=O) groups excluding carboxylic acids is 2. The molecule has 0 saturated carbocycles. The third-order valence-electron chi connectivity index (χ3n) is 5.50. The molecule has 0 aliphatic heterocycles. The number of anilines is 1. The standard InChI is InChI=1S/C26H25N3O5S/c1-5-17(25(33)27-20-21(30)22(31)23(20)34-14(2)3)29-18-8-6-7-9-19(18)35-26(29)28-24(32)16-12-10-15(4)11-13-16/h6-14,17H,5H2,1-4H3,(H,27,33). The van der Waals surface area contributed by atoms with Crippen LogP contribution in [0.1, 0.15) is 49.2 Å². The van der Waals surface area contributed by atoms with Gasteiger partial charge in [0.1, 0.15) is 11.7 Å². The lowest BCUT2D eigenvalue weighted by Crippen LogP contribution is -2.40. The van der Waals surface area contributed by atoms with Crippen molar-refractivity contribution in [1.29, 1.82) is 0 Å². The maximum atomic E-state index is 13.3. The third kappa shape index (κ3) is 4.72. The van der Waals surface area contributed by atoms with E-state index in [4.69, 9.17) is 4.74 Å². The zero-order chi connectivity index (χ0) is 25.3. The first-order chi connectivity index (χ1) is 16.7. The van der Waals surface area contributed by atoms with Crippen molar-refractivity contribution in [2.45, 2.75) is 46.3 Å². The van der Waals surface area contributed by atoms with Crippen LogP contribution < -0.4 is 25.7 Å². The summed E-state index contributed by atoms with van der Waals surface area (Å²) >= 11 is 1.30. The molecule has 1 N–H and O–H groups in total. The first-order valence-electron chi connectivity index (χ1n) is 11.3. The zero-order valence-electron chi connectivity index (χ0n) is 19.8. The molecule has 180 valence electrons. The molecule has 1 atom stereocenters. The van der Waals surface area contributed by atoms with Gasteiger partial charge in [0.25, 0.3) is 16.8 Å². The summed E-state index contributed by atoms with van der Waals surface area (Å²) in [6.07, 6.45) is 0.0261. The van der Waals surface area contributed by atoms with Crippen LogP contribution in [0.15, 0.2) is 63.1 Å². The van der Waals surface area contributed by atoms with Gasteiger partial charge in [-0.1, -0.05) is 48.1 Å². The summed E-state index contributed by atoms with van der Waals surface area (Å²) in [4.78, 5) is 55.0. The first kappa shape index (κ1) is 24.3. The van der Waals surface area contributed by atoms with Crippen molar-refractivity contribution >= 4 is 39.1 Å². The summed E-state index contributed by atoms with van der Waals surface area (Å²) in [5.74, 6) is -1.05. The highest BCUT2D eigenvalue weighted by atomic mass is 32.1. The van der Waals surface area contributed by atoms with Gasteiger partial charge >= 0.3 is 0 Å². The maximum Gasteiger partial charge on any atom is 0.279 e. The van der Waals surface area contributed by atoms with Crippen LogP contribution in [0.3, 0.4) is 0 Å². The van der Waals surface area contributed by atoms with E-state index in [1.807, 2.05) is 50.2 Å². The molecule has 0 spiro atoms. The number of aryl methyl sites for hydroxylation is 1. The van der Waals surface area contributed by atoms with Crippen molar-refractivity contribution in [3.05, 3.63) is 84.9 Å². The fraction of sp³-hybridized carbons (Fsp3) is 0.269. The molecule has 0 fully saturated rings. The number of amides is 2. The summed E-state index contributed by atoms with van der Waals surface area (Å²) in [5, 5.41) is 2.58. The molecular weight excluding hydrogens is 466 g/mol. The van der Waals surface area contributed by atoms with Gasteiger partial charge in [-0.05, 0) is 51.5 Å². The molecule has 8 nitrogen and oxygen atoms in total.